The van der Waals surface area contributed by atoms with Crippen LogP contribution in [0.4, 0.5) is 0 Å². The van der Waals surface area contributed by atoms with Crippen LogP contribution in [0.1, 0.15) is 0 Å². The highest BCUT2D eigenvalue weighted by molar-refractivity contribution is 9.10. The zero-order chi connectivity index (χ0) is 10.4. The quantitative estimate of drug-likeness (QED) is 0.516. The number of benzene rings is 2. The minimum Gasteiger partial charge on any atom is -0.134 e. The SMILES string of the molecule is Clc1ccc2sc3c(Br)cccc3c2c1. The van der Waals surface area contributed by atoms with Gasteiger partial charge in [-0.3, -0.25) is 0 Å². The molecule has 0 saturated heterocycles. The molecule has 0 saturated carbocycles. The maximum atomic E-state index is 6.01. The first-order chi connectivity index (χ1) is 7.25. The van der Waals surface area contributed by atoms with Gasteiger partial charge >= 0.3 is 0 Å². The Kier molecular flexibility index (Phi) is 2.23. The van der Waals surface area contributed by atoms with E-state index in [1.54, 1.807) is 11.3 Å². The van der Waals surface area contributed by atoms with E-state index in [1.807, 2.05) is 12.1 Å². The Hall–Kier alpha value is -0.570. The van der Waals surface area contributed by atoms with Gasteiger partial charge in [0.1, 0.15) is 0 Å². The smallest absolute Gasteiger partial charge is 0.0497 e. The first-order valence-electron chi connectivity index (χ1n) is 4.52. The molecule has 0 bridgehead atoms. The molecule has 0 fully saturated rings. The summed E-state index contributed by atoms with van der Waals surface area (Å²) in [5, 5.41) is 3.30. The topological polar surface area (TPSA) is 0 Å². The molecule has 15 heavy (non-hydrogen) atoms. The number of hydrogen-bond acceptors (Lipinski definition) is 1. The largest absolute Gasteiger partial charge is 0.134 e. The van der Waals surface area contributed by atoms with Crippen molar-refractivity contribution in [2.45, 2.75) is 0 Å². The third-order valence-electron chi connectivity index (χ3n) is 2.41. The van der Waals surface area contributed by atoms with Crippen molar-refractivity contribution in [3.63, 3.8) is 0 Å². The fourth-order valence-corrected chi connectivity index (χ4v) is 3.61. The van der Waals surface area contributed by atoms with E-state index < -0.39 is 0 Å². The summed E-state index contributed by atoms with van der Waals surface area (Å²) in [6.45, 7) is 0. The zero-order valence-corrected chi connectivity index (χ0v) is 10.8. The highest BCUT2D eigenvalue weighted by Crippen LogP contribution is 2.38. The Balaban J connectivity index is 2.58. The summed E-state index contributed by atoms with van der Waals surface area (Å²) in [7, 11) is 0. The van der Waals surface area contributed by atoms with E-state index in [0.29, 0.717) is 0 Å². The molecule has 0 aliphatic heterocycles. The van der Waals surface area contributed by atoms with E-state index in [0.717, 1.165) is 9.50 Å². The van der Waals surface area contributed by atoms with Gasteiger partial charge in [-0.15, -0.1) is 11.3 Å². The molecule has 3 heteroatoms. The van der Waals surface area contributed by atoms with Crippen molar-refractivity contribution in [3.8, 4) is 0 Å². The molecule has 0 radical (unpaired) electrons. The lowest BCUT2D eigenvalue weighted by Gasteiger charge is -1.93. The van der Waals surface area contributed by atoms with Crippen molar-refractivity contribution in [2.24, 2.45) is 0 Å². The average molecular weight is 298 g/mol. The van der Waals surface area contributed by atoms with Crippen LogP contribution in [-0.2, 0) is 0 Å². The van der Waals surface area contributed by atoms with Gasteiger partial charge in [-0.2, -0.15) is 0 Å². The Morgan fingerprint density at radius 2 is 1.93 bits per heavy atom. The Labute approximate surface area is 105 Å². The number of fused-ring (bicyclic) bond motifs is 3. The Bertz CT molecular complexity index is 657. The average Bonchev–Trinajstić information content (AvgIpc) is 2.58. The van der Waals surface area contributed by atoms with Crippen LogP contribution in [0.5, 0.6) is 0 Å². The van der Waals surface area contributed by atoms with E-state index in [1.165, 1.54) is 20.2 Å². The third-order valence-corrected chi connectivity index (χ3v) is 4.79. The van der Waals surface area contributed by atoms with Crippen LogP contribution in [0, 0.1) is 0 Å². The minimum atomic E-state index is 0.794. The van der Waals surface area contributed by atoms with Gasteiger partial charge < -0.3 is 0 Å². The summed E-state index contributed by atoms with van der Waals surface area (Å²) in [4.78, 5) is 0. The summed E-state index contributed by atoms with van der Waals surface area (Å²) < 4.78 is 3.72. The second kappa shape index (κ2) is 3.48. The molecule has 0 aliphatic rings. The minimum absolute atomic E-state index is 0.794. The molecule has 1 heterocycles. The standard InChI is InChI=1S/C12H6BrClS/c13-10-3-1-2-8-9-6-7(14)4-5-11(9)15-12(8)10/h1-6H. The lowest BCUT2D eigenvalue weighted by Crippen LogP contribution is -1.67. The number of hydrogen-bond donors (Lipinski definition) is 0. The van der Waals surface area contributed by atoms with Gasteiger partial charge in [0.15, 0.2) is 0 Å². The molecule has 0 N–H and O–H groups in total. The second-order valence-electron chi connectivity index (χ2n) is 3.36. The fourth-order valence-electron chi connectivity index (χ4n) is 1.74. The van der Waals surface area contributed by atoms with Crippen LogP contribution >= 0.6 is 38.9 Å². The van der Waals surface area contributed by atoms with E-state index in [-0.39, 0.29) is 0 Å². The molecular weight excluding hydrogens is 292 g/mol. The van der Waals surface area contributed by atoms with Gasteiger partial charge in [0.05, 0.1) is 0 Å². The third kappa shape index (κ3) is 1.48. The van der Waals surface area contributed by atoms with Crippen LogP contribution in [0.15, 0.2) is 40.9 Å². The van der Waals surface area contributed by atoms with Crippen molar-refractivity contribution in [2.75, 3.05) is 0 Å². The molecule has 3 rings (SSSR count). The van der Waals surface area contributed by atoms with Gasteiger partial charge in [0.25, 0.3) is 0 Å². The summed E-state index contributed by atoms with van der Waals surface area (Å²) in [5.74, 6) is 0. The summed E-state index contributed by atoms with van der Waals surface area (Å²) in [5.41, 5.74) is 0. The van der Waals surface area contributed by atoms with Crippen LogP contribution in [-0.4, -0.2) is 0 Å². The zero-order valence-electron chi connectivity index (χ0n) is 7.63. The van der Waals surface area contributed by atoms with Crippen LogP contribution in [0.3, 0.4) is 0 Å². The highest BCUT2D eigenvalue weighted by Gasteiger charge is 2.07. The lowest BCUT2D eigenvalue weighted by atomic mass is 10.1. The van der Waals surface area contributed by atoms with Gasteiger partial charge in [-0.25, -0.2) is 0 Å². The first-order valence-corrected chi connectivity index (χ1v) is 6.51. The van der Waals surface area contributed by atoms with Crippen molar-refractivity contribution in [1.29, 1.82) is 0 Å². The number of halogens is 2. The molecule has 74 valence electrons. The lowest BCUT2D eigenvalue weighted by molar-refractivity contribution is 1.80. The van der Waals surface area contributed by atoms with Crippen LogP contribution in [0.25, 0.3) is 20.2 Å². The maximum absolute atomic E-state index is 6.01. The molecule has 0 aliphatic carbocycles. The monoisotopic (exact) mass is 296 g/mol. The molecule has 2 aromatic carbocycles. The van der Waals surface area contributed by atoms with Crippen LogP contribution < -0.4 is 0 Å². The highest BCUT2D eigenvalue weighted by atomic mass is 79.9. The molecule has 0 atom stereocenters. The van der Waals surface area contributed by atoms with E-state index in [4.69, 9.17) is 11.6 Å². The molecule has 0 amide bonds. The summed E-state index contributed by atoms with van der Waals surface area (Å²) >= 11 is 11.4. The molecule has 0 spiro atoms. The van der Waals surface area contributed by atoms with E-state index in [2.05, 4.69) is 40.2 Å². The second-order valence-corrected chi connectivity index (χ2v) is 5.70. The van der Waals surface area contributed by atoms with Gasteiger partial charge in [0.2, 0.25) is 0 Å². The van der Waals surface area contributed by atoms with Crippen molar-refractivity contribution >= 4 is 59.0 Å². The molecule has 0 unspecified atom stereocenters. The predicted molar refractivity (Wildman–Crippen MR) is 72.0 cm³/mol. The van der Waals surface area contributed by atoms with Crippen molar-refractivity contribution in [1.82, 2.24) is 0 Å². The molecular formula is C12H6BrClS. The van der Waals surface area contributed by atoms with E-state index >= 15 is 0 Å². The Morgan fingerprint density at radius 1 is 1.07 bits per heavy atom. The predicted octanol–water partition coefficient (Wildman–Crippen LogP) is 5.47. The number of thiophene rings is 1. The normalized spacial score (nSPS) is 11.3. The fraction of sp³-hybridized carbons (Fsp3) is 0. The van der Waals surface area contributed by atoms with Gasteiger partial charge in [0, 0.05) is 29.7 Å². The van der Waals surface area contributed by atoms with Crippen LogP contribution in [0.2, 0.25) is 5.02 Å². The molecule has 3 aromatic rings. The van der Waals surface area contributed by atoms with E-state index in [9.17, 15) is 0 Å². The molecule has 1 aromatic heterocycles. The van der Waals surface area contributed by atoms with Crippen molar-refractivity contribution < 1.29 is 0 Å². The molecule has 0 nitrogen and oxygen atoms in total. The summed E-state index contributed by atoms with van der Waals surface area (Å²) in [6, 6.07) is 12.3. The maximum Gasteiger partial charge on any atom is 0.0497 e. The van der Waals surface area contributed by atoms with Gasteiger partial charge in [-0.05, 0) is 40.2 Å². The number of rotatable bonds is 0. The van der Waals surface area contributed by atoms with Gasteiger partial charge in [-0.1, -0.05) is 23.7 Å². The van der Waals surface area contributed by atoms with Crippen molar-refractivity contribution in [3.05, 3.63) is 45.9 Å². The Morgan fingerprint density at radius 3 is 2.80 bits per heavy atom. The first kappa shape index (κ1) is 9.64. The summed E-state index contributed by atoms with van der Waals surface area (Å²) in [6.07, 6.45) is 0.